The largest absolute Gasteiger partial charge is 0.477 e. The normalized spacial score (nSPS) is 15.7. The first-order valence-electron chi connectivity index (χ1n) is 23.6. The lowest BCUT2D eigenvalue weighted by molar-refractivity contribution is 0.0697. The van der Waals surface area contributed by atoms with E-state index in [9.17, 15) is 19.5 Å². The highest BCUT2D eigenvalue weighted by Crippen LogP contribution is 2.36. The van der Waals surface area contributed by atoms with E-state index in [4.69, 9.17) is 22.9 Å². The van der Waals surface area contributed by atoms with Gasteiger partial charge in [0.05, 0.1) is 48.2 Å². The second kappa shape index (κ2) is 19.7. The van der Waals surface area contributed by atoms with Crippen LogP contribution in [0.1, 0.15) is 41.6 Å². The molecular formula is C50H52F2N14O4S2. The summed E-state index contributed by atoms with van der Waals surface area (Å²) in [6, 6.07) is 21.3. The number of anilines is 2. The Morgan fingerprint density at radius 3 is 1.50 bits per heavy atom. The average Bonchev–Trinajstić information content (AvgIpc) is 3.96. The molecule has 0 spiro atoms. The minimum Gasteiger partial charge on any atom is -0.477 e. The Morgan fingerprint density at radius 2 is 1.03 bits per heavy atom. The minimum atomic E-state index is -1.36. The molecule has 0 atom stereocenters. The van der Waals surface area contributed by atoms with Crippen molar-refractivity contribution in [3.05, 3.63) is 116 Å². The molecular weight excluding hydrogens is 963 g/mol. The molecule has 2 aliphatic rings. The molecule has 0 aliphatic carbocycles. The molecule has 8 aromatic rings. The van der Waals surface area contributed by atoms with Crippen LogP contribution >= 0.6 is 22.7 Å². The van der Waals surface area contributed by atoms with E-state index in [1.165, 1.54) is 17.4 Å². The first kappa shape index (κ1) is 47.8. The minimum absolute atomic E-state index is 0.00350. The molecule has 72 heavy (non-hydrogen) atoms. The molecule has 2 fully saturated rings. The number of aromatic nitrogens is 2. The van der Waals surface area contributed by atoms with E-state index >= 15 is 8.78 Å². The van der Waals surface area contributed by atoms with Crippen molar-refractivity contribution in [2.45, 2.75) is 32.6 Å². The molecule has 2 aliphatic heterocycles. The van der Waals surface area contributed by atoms with E-state index in [1.54, 1.807) is 34.8 Å². The van der Waals surface area contributed by atoms with Gasteiger partial charge in [0.25, 0.3) is 0 Å². The number of benzene rings is 4. The van der Waals surface area contributed by atoms with Gasteiger partial charge in [-0.05, 0) is 68.3 Å². The zero-order chi connectivity index (χ0) is 50.4. The van der Waals surface area contributed by atoms with Crippen LogP contribution in [0.2, 0.25) is 0 Å². The SMILES string of the molecule is Cc1c(=O)c2cc(F)c(N3CCN(/C(N)=N/C(N)=NCCCCCCN=C(N)/N=C(\N)N4CCN(c5cc6c(cc5F)c(=O)c(C(=O)O)c5sc7ccccc7n56)CC4)CC3)cc2n2c1sc1ccccc12. The summed E-state index contributed by atoms with van der Waals surface area (Å²) in [5.41, 5.74) is 27.8. The highest BCUT2D eigenvalue weighted by molar-refractivity contribution is 7.24. The van der Waals surface area contributed by atoms with E-state index in [0.717, 1.165) is 57.0 Å². The highest BCUT2D eigenvalue weighted by atomic mass is 32.1. The molecule has 18 nitrogen and oxygen atoms in total. The zero-order valence-electron chi connectivity index (χ0n) is 39.4. The number of aliphatic imine (C=N–C) groups is 4. The molecule has 4 aromatic carbocycles. The van der Waals surface area contributed by atoms with Gasteiger partial charge < -0.3 is 47.6 Å². The van der Waals surface area contributed by atoms with E-state index in [1.807, 2.05) is 68.1 Å². The van der Waals surface area contributed by atoms with Crippen molar-refractivity contribution in [2.75, 3.05) is 75.2 Å². The summed E-state index contributed by atoms with van der Waals surface area (Å²) < 4.78 is 37.0. The van der Waals surface area contributed by atoms with Gasteiger partial charge in [0.1, 0.15) is 26.9 Å². The maximum Gasteiger partial charge on any atom is 0.342 e. The third kappa shape index (κ3) is 8.95. The van der Waals surface area contributed by atoms with Crippen LogP contribution in [-0.4, -0.2) is 119 Å². The van der Waals surface area contributed by atoms with Gasteiger partial charge in [0.2, 0.25) is 17.3 Å². The molecule has 22 heteroatoms. The fourth-order valence-electron chi connectivity index (χ4n) is 9.66. The molecule has 0 amide bonds. The van der Waals surface area contributed by atoms with Gasteiger partial charge in [-0.15, -0.1) is 22.7 Å². The summed E-state index contributed by atoms with van der Waals surface area (Å²) in [5.74, 6) is -1.83. The Hall–Kier alpha value is -7.85. The lowest BCUT2D eigenvalue weighted by Gasteiger charge is -2.36. The standard InChI is InChI=1S/C50H52F2N14O4S2/c1-28-42(67)29-24-31(51)37(26-35(29)65-33-10-4-6-12-39(33)71-44(28)65)61-16-20-63(21-17-61)49(55)59-47(53)57-14-8-2-3-9-15-58-48(54)60-50(56)64-22-18-62(19-23-64)38-27-36-30(25-32(38)52)43(68)41(46(69)70)45-66(36)34-11-5-7-13-40(34)72-45/h4-7,10-13,24-27H,2-3,8-9,14-23H2,1H3,(H,69,70)(H4,53,55,57,59)(H4,54,56,58,60). The first-order chi connectivity index (χ1) is 34.8. The molecule has 0 radical (unpaired) electrons. The van der Waals surface area contributed by atoms with E-state index in [-0.39, 0.29) is 40.2 Å². The summed E-state index contributed by atoms with van der Waals surface area (Å²) >= 11 is 2.76. The number of aryl methyl sites for hydroxylation is 1. The number of hydrogen-bond acceptors (Lipinski definition) is 9. The Morgan fingerprint density at radius 1 is 0.597 bits per heavy atom. The fourth-order valence-corrected chi connectivity index (χ4v) is 12.0. The third-order valence-corrected chi connectivity index (χ3v) is 15.8. The van der Waals surface area contributed by atoms with Crippen molar-refractivity contribution in [3.8, 4) is 0 Å². The molecule has 0 bridgehead atoms. The number of thiazole rings is 2. The van der Waals surface area contributed by atoms with Gasteiger partial charge in [-0.25, -0.2) is 13.6 Å². The van der Waals surface area contributed by atoms with Crippen molar-refractivity contribution < 1.29 is 18.7 Å². The third-order valence-electron chi connectivity index (χ3n) is 13.4. The molecule has 6 heterocycles. The molecule has 0 unspecified atom stereocenters. The van der Waals surface area contributed by atoms with Crippen molar-refractivity contribution in [3.63, 3.8) is 0 Å². The number of guanidine groups is 4. The number of fused-ring (bicyclic) bond motifs is 10. The predicted octanol–water partition coefficient (Wildman–Crippen LogP) is 5.70. The van der Waals surface area contributed by atoms with Gasteiger partial charge in [0, 0.05) is 76.4 Å². The second-order valence-electron chi connectivity index (χ2n) is 17.8. The van der Waals surface area contributed by atoms with E-state index < -0.39 is 23.0 Å². The van der Waals surface area contributed by atoms with Crippen LogP contribution < -0.4 is 43.6 Å². The maximum atomic E-state index is 15.7. The lowest BCUT2D eigenvalue weighted by atomic mass is 10.1. The van der Waals surface area contributed by atoms with Gasteiger partial charge in [-0.1, -0.05) is 37.1 Å². The number of rotatable bonds is 10. The highest BCUT2D eigenvalue weighted by Gasteiger charge is 2.27. The molecule has 10 rings (SSSR count). The molecule has 2 saturated heterocycles. The number of nitrogens with two attached hydrogens (primary N) is 4. The fraction of sp³-hybridized carbons (Fsp3) is 0.300. The number of aromatic carboxylic acids is 1. The van der Waals surface area contributed by atoms with Crippen molar-refractivity contribution in [1.82, 2.24) is 18.6 Å². The molecule has 0 saturated carbocycles. The van der Waals surface area contributed by atoms with Gasteiger partial charge in [0.15, 0.2) is 17.3 Å². The van der Waals surface area contributed by atoms with Gasteiger partial charge in [-0.3, -0.25) is 28.4 Å². The van der Waals surface area contributed by atoms with Crippen molar-refractivity contribution >= 4 is 116 Å². The summed E-state index contributed by atoms with van der Waals surface area (Å²) in [7, 11) is 0. The monoisotopic (exact) mass is 1010 g/mol. The Kier molecular flexibility index (Phi) is 13.1. The number of hydrogen-bond donors (Lipinski definition) is 5. The summed E-state index contributed by atoms with van der Waals surface area (Å²) in [5, 5.41) is 10.3. The summed E-state index contributed by atoms with van der Waals surface area (Å²) in [4.78, 5) is 65.0. The van der Waals surface area contributed by atoms with Crippen LogP contribution in [-0.2, 0) is 0 Å². The number of piperazine rings is 2. The number of nitrogens with zero attached hydrogens (tertiary/aromatic N) is 10. The molecule has 4 aromatic heterocycles. The number of carboxylic acids is 1. The molecule has 372 valence electrons. The Labute approximate surface area is 418 Å². The van der Waals surface area contributed by atoms with Crippen molar-refractivity contribution in [1.29, 1.82) is 0 Å². The lowest BCUT2D eigenvalue weighted by Crippen LogP contribution is -2.51. The second-order valence-corrected chi connectivity index (χ2v) is 19.9. The Balaban J connectivity index is 0.672. The van der Waals surface area contributed by atoms with Crippen LogP contribution in [0.5, 0.6) is 0 Å². The van der Waals surface area contributed by atoms with Gasteiger partial charge >= 0.3 is 5.97 Å². The van der Waals surface area contributed by atoms with Crippen LogP contribution in [0.3, 0.4) is 0 Å². The van der Waals surface area contributed by atoms with E-state index in [0.29, 0.717) is 104 Å². The number of unbranched alkanes of at least 4 members (excludes halogenated alkanes) is 3. The average molecular weight is 1020 g/mol. The smallest absolute Gasteiger partial charge is 0.342 e. The quantitative estimate of drug-likeness (QED) is 0.0630. The summed E-state index contributed by atoms with van der Waals surface area (Å²) in [6.07, 6.45) is 3.31. The van der Waals surface area contributed by atoms with Crippen LogP contribution in [0.25, 0.3) is 51.9 Å². The van der Waals surface area contributed by atoms with Crippen molar-refractivity contribution in [2.24, 2.45) is 42.9 Å². The first-order valence-corrected chi connectivity index (χ1v) is 25.3. The maximum absolute atomic E-state index is 15.7. The molecule has 9 N–H and O–H groups in total. The zero-order valence-corrected chi connectivity index (χ0v) is 41.0. The number of halogens is 2. The van der Waals surface area contributed by atoms with Crippen LogP contribution in [0.15, 0.2) is 102 Å². The topological polar surface area (TPSA) is 247 Å². The van der Waals surface area contributed by atoms with Gasteiger partial charge in [-0.2, -0.15) is 9.98 Å². The van der Waals surface area contributed by atoms with E-state index in [2.05, 4.69) is 24.4 Å². The van der Waals surface area contributed by atoms with Crippen LogP contribution in [0.4, 0.5) is 20.2 Å². The predicted molar refractivity (Wildman–Crippen MR) is 287 cm³/mol. The number of para-hydroxylation sites is 2. The number of pyridine rings is 2. The Bertz CT molecular complexity index is 3720. The summed E-state index contributed by atoms with van der Waals surface area (Å²) in [6.45, 7) is 6.34. The number of carbonyl (C=O) groups is 1. The van der Waals surface area contributed by atoms with Crippen LogP contribution in [0, 0.1) is 18.6 Å². The number of carboxylic acid groups (broad SMARTS) is 1.